The first kappa shape index (κ1) is 14.6. The molecular formula is C13H19N3OS. The van der Waals surface area contributed by atoms with E-state index in [9.17, 15) is 0 Å². The fourth-order valence-electron chi connectivity index (χ4n) is 1.17. The first-order valence-electron chi connectivity index (χ1n) is 5.60. The van der Waals surface area contributed by atoms with Crippen molar-refractivity contribution in [1.29, 1.82) is 0 Å². The second kappa shape index (κ2) is 6.44. The summed E-state index contributed by atoms with van der Waals surface area (Å²) in [4.78, 5) is 0. The first-order chi connectivity index (χ1) is 8.40. The molecule has 1 aromatic carbocycles. The molecule has 0 spiro atoms. The molecule has 0 saturated carbocycles. The molecular weight excluding hydrogens is 246 g/mol. The van der Waals surface area contributed by atoms with Crippen LogP contribution in [0.4, 0.5) is 0 Å². The maximum atomic E-state index is 5.72. The fourth-order valence-corrected chi connectivity index (χ4v) is 1.30. The average Bonchev–Trinajstić information content (AvgIpc) is 2.29. The summed E-state index contributed by atoms with van der Waals surface area (Å²) in [7, 11) is 0. The second-order valence-electron chi connectivity index (χ2n) is 4.67. The molecule has 0 bridgehead atoms. The van der Waals surface area contributed by atoms with Crippen LogP contribution in [0.15, 0.2) is 34.5 Å². The zero-order valence-electron chi connectivity index (χ0n) is 11.2. The van der Waals surface area contributed by atoms with E-state index in [1.807, 2.05) is 51.3 Å². The van der Waals surface area contributed by atoms with E-state index in [4.69, 9.17) is 10.5 Å². The molecule has 1 rings (SSSR count). The van der Waals surface area contributed by atoms with E-state index >= 15 is 0 Å². The number of nitrogens with zero attached hydrogens (tertiary/aromatic N) is 2. The lowest BCUT2D eigenvalue weighted by molar-refractivity contribution is 0.131. The van der Waals surface area contributed by atoms with Crippen LogP contribution in [0.5, 0.6) is 5.75 Å². The Bertz CT molecular complexity index is 433. The second-order valence-corrected chi connectivity index (χ2v) is 5.50. The maximum absolute atomic E-state index is 5.72. The summed E-state index contributed by atoms with van der Waals surface area (Å²) >= 11 is 1.36. The highest BCUT2D eigenvalue weighted by Crippen LogP contribution is 2.17. The summed E-state index contributed by atoms with van der Waals surface area (Å²) in [6.07, 6.45) is 3.51. The molecule has 0 heterocycles. The van der Waals surface area contributed by atoms with Gasteiger partial charge in [0.2, 0.25) is 0 Å². The van der Waals surface area contributed by atoms with E-state index in [0.29, 0.717) is 5.17 Å². The minimum Gasteiger partial charge on any atom is -0.488 e. The lowest BCUT2D eigenvalue weighted by atomic mass is 10.2. The number of thioether (sulfide) groups is 1. The highest BCUT2D eigenvalue weighted by atomic mass is 32.2. The molecule has 0 fully saturated rings. The van der Waals surface area contributed by atoms with Gasteiger partial charge in [-0.3, -0.25) is 0 Å². The van der Waals surface area contributed by atoms with Gasteiger partial charge in [0.25, 0.3) is 0 Å². The summed E-state index contributed by atoms with van der Waals surface area (Å²) in [5.41, 5.74) is 6.27. The van der Waals surface area contributed by atoms with Gasteiger partial charge in [-0.25, -0.2) is 0 Å². The molecule has 2 N–H and O–H groups in total. The molecule has 1 aromatic rings. The largest absolute Gasteiger partial charge is 0.488 e. The van der Waals surface area contributed by atoms with E-state index in [0.717, 1.165) is 11.3 Å². The number of rotatable bonds is 3. The zero-order valence-corrected chi connectivity index (χ0v) is 12.0. The molecule has 0 aliphatic heterocycles. The SMILES string of the molecule is CS/C(N)=N/N=C\c1ccc(OC(C)(C)C)cc1. The molecule has 4 nitrogen and oxygen atoms in total. The Morgan fingerprint density at radius 1 is 1.28 bits per heavy atom. The summed E-state index contributed by atoms with van der Waals surface area (Å²) in [6, 6.07) is 7.67. The first-order valence-corrected chi connectivity index (χ1v) is 6.83. The monoisotopic (exact) mass is 265 g/mol. The Kier molecular flexibility index (Phi) is 5.22. The van der Waals surface area contributed by atoms with Crippen molar-refractivity contribution >= 4 is 23.1 Å². The molecule has 0 aliphatic carbocycles. The van der Waals surface area contributed by atoms with Crippen LogP contribution in [0.1, 0.15) is 26.3 Å². The van der Waals surface area contributed by atoms with Crippen molar-refractivity contribution in [2.24, 2.45) is 15.9 Å². The van der Waals surface area contributed by atoms with Gasteiger partial charge in [-0.15, -0.1) is 5.10 Å². The van der Waals surface area contributed by atoms with Crippen molar-refractivity contribution < 1.29 is 4.74 Å². The van der Waals surface area contributed by atoms with Crippen molar-refractivity contribution in [2.45, 2.75) is 26.4 Å². The molecule has 5 heteroatoms. The van der Waals surface area contributed by atoms with Gasteiger partial charge >= 0.3 is 0 Å². The van der Waals surface area contributed by atoms with Crippen molar-refractivity contribution in [3.63, 3.8) is 0 Å². The molecule has 0 saturated heterocycles. The summed E-state index contributed by atoms with van der Waals surface area (Å²) in [6.45, 7) is 6.05. The Hall–Kier alpha value is -1.49. The van der Waals surface area contributed by atoms with Gasteiger partial charge in [-0.1, -0.05) is 11.8 Å². The number of hydrogen-bond donors (Lipinski definition) is 1. The van der Waals surface area contributed by atoms with Crippen LogP contribution in [0.3, 0.4) is 0 Å². The molecule has 0 unspecified atom stereocenters. The topological polar surface area (TPSA) is 60.0 Å². The third kappa shape index (κ3) is 5.72. The van der Waals surface area contributed by atoms with Gasteiger partial charge in [-0.05, 0) is 56.9 Å². The van der Waals surface area contributed by atoms with Crippen LogP contribution in [0.25, 0.3) is 0 Å². The standard InChI is InChI=1S/C13H19N3OS/c1-13(2,3)17-11-7-5-10(6-8-11)9-15-16-12(14)18-4/h5-9H,1-4H3,(H2,14,16)/b15-9-. The average molecular weight is 265 g/mol. The predicted octanol–water partition coefficient (Wildman–Crippen LogP) is 2.88. The van der Waals surface area contributed by atoms with Gasteiger partial charge in [0.1, 0.15) is 11.4 Å². The smallest absolute Gasteiger partial charge is 0.180 e. The third-order valence-corrected chi connectivity index (χ3v) is 2.38. The number of nitrogens with two attached hydrogens (primary N) is 1. The van der Waals surface area contributed by atoms with E-state index in [2.05, 4.69) is 10.2 Å². The minimum absolute atomic E-state index is 0.188. The molecule has 0 aromatic heterocycles. The van der Waals surface area contributed by atoms with E-state index in [1.165, 1.54) is 11.8 Å². The summed E-state index contributed by atoms with van der Waals surface area (Å²) in [5.74, 6) is 0.840. The molecule has 0 atom stereocenters. The van der Waals surface area contributed by atoms with Crippen molar-refractivity contribution in [3.8, 4) is 5.75 Å². The number of benzene rings is 1. The Balaban J connectivity index is 2.66. The molecule has 0 amide bonds. The zero-order chi connectivity index (χ0) is 13.6. The highest BCUT2D eigenvalue weighted by Gasteiger charge is 2.10. The van der Waals surface area contributed by atoms with Gasteiger partial charge in [0.15, 0.2) is 5.17 Å². The lowest BCUT2D eigenvalue weighted by Gasteiger charge is -2.21. The molecule has 0 aliphatic rings. The lowest BCUT2D eigenvalue weighted by Crippen LogP contribution is -2.22. The van der Waals surface area contributed by atoms with E-state index in [-0.39, 0.29) is 5.60 Å². The van der Waals surface area contributed by atoms with Crippen LogP contribution >= 0.6 is 11.8 Å². The van der Waals surface area contributed by atoms with Crippen LogP contribution in [0.2, 0.25) is 0 Å². The van der Waals surface area contributed by atoms with Crippen LogP contribution in [0, 0.1) is 0 Å². The maximum Gasteiger partial charge on any atom is 0.180 e. The predicted molar refractivity (Wildman–Crippen MR) is 79.6 cm³/mol. The Labute approximate surface area is 112 Å². The highest BCUT2D eigenvalue weighted by molar-refractivity contribution is 8.13. The number of ether oxygens (including phenoxy) is 1. The number of amidine groups is 1. The Morgan fingerprint density at radius 2 is 1.89 bits per heavy atom. The quantitative estimate of drug-likeness (QED) is 0.519. The van der Waals surface area contributed by atoms with Gasteiger partial charge in [0, 0.05) is 0 Å². The van der Waals surface area contributed by atoms with Gasteiger partial charge in [-0.2, -0.15) is 5.10 Å². The minimum atomic E-state index is -0.188. The summed E-state index contributed by atoms with van der Waals surface area (Å²) < 4.78 is 5.72. The van der Waals surface area contributed by atoms with Crippen molar-refractivity contribution in [3.05, 3.63) is 29.8 Å². The van der Waals surface area contributed by atoms with Crippen molar-refractivity contribution in [1.82, 2.24) is 0 Å². The molecule has 18 heavy (non-hydrogen) atoms. The normalized spacial score (nSPS) is 13.0. The van der Waals surface area contributed by atoms with Crippen LogP contribution in [-0.4, -0.2) is 23.2 Å². The van der Waals surface area contributed by atoms with Crippen molar-refractivity contribution in [2.75, 3.05) is 6.26 Å². The van der Waals surface area contributed by atoms with E-state index in [1.54, 1.807) is 6.21 Å². The number of hydrogen-bond acceptors (Lipinski definition) is 4. The van der Waals surface area contributed by atoms with Crippen LogP contribution < -0.4 is 10.5 Å². The van der Waals surface area contributed by atoms with Gasteiger partial charge < -0.3 is 10.5 Å². The van der Waals surface area contributed by atoms with Crippen LogP contribution in [-0.2, 0) is 0 Å². The van der Waals surface area contributed by atoms with E-state index < -0.39 is 0 Å². The third-order valence-electron chi connectivity index (χ3n) is 1.88. The molecule has 0 radical (unpaired) electrons. The fraction of sp³-hybridized carbons (Fsp3) is 0.385. The van der Waals surface area contributed by atoms with Gasteiger partial charge in [0.05, 0.1) is 6.21 Å². The Morgan fingerprint density at radius 3 is 2.39 bits per heavy atom. The summed E-state index contributed by atoms with van der Waals surface area (Å²) in [5, 5.41) is 8.15. The molecule has 98 valence electrons.